The number of fused-ring (bicyclic) bond motifs is 1. The van der Waals surface area contributed by atoms with E-state index < -0.39 is 20.6 Å². The standard InChI is InChI=1S/C12H15N3O5S/c16-15(17)9-3-1-2-4-12(9)21(18,19)14-5-6-20-11-8-13-7-10(11)14/h1-4,10-11,13H,5-8H2/t10-,11+/m0/s1. The molecule has 2 saturated heterocycles. The topological polar surface area (TPSA) is 102 Å². The van der Waals surface area contributed by atoms with Crippen molar-refractivity contribution in [3.63, 3.8) is 0 Å². The number of nitro groups is 1. The summed E-state index contributed by atoms with van der Waals surface area (Å²) in [6.07, 6.45) is -0.198. The lowest BCUT2D eigenvalue weighted by Gasteiger charge is -2.35. The van der Waals surface area contributed by atoms with Crippen molar-refractivity contribution in [2.45, 2.75) is 17.0 Å². The summed E-state index contributed by atoms with van der Waals surface area (Å²) in [6.45, 7) is 1.58. The van der Waals surface area contributed by atoms with Crippen LogP contribution in [0, 0.1) is 10.1 Å². The molecule has 2 fully saturated rings. The van der Waals surface area contributed by atoms with Crippen molar-refractivity contribution in [1.82, 2.24) is 9.62 Å². The van der Waals surface area contributed by atoms with E-state index in [1.807, 2.05) is 0 Å². The zero-order chi connectivity index (χ0) is 15.0. The van der Waals surface area contributed by atoms with Gasteiger partial charge in [-0.1, -0.05) is 12.1 Å². The number of benzene rings is 1. The summed E-state index contributed by atoms with van der Waals surface area (Å²) in [5.41, 5.74) is -0.397. The van der Waals surface area contributed by atoms with Crippen LogP contribution < -0.4 is 5.32 Å². The Morgan fingerprint density at radius 1 is 1.33 bits per heavy atom. The first-order valence-corrected chi connectivity index (χ1v) is 8.03. The number of sulfonamides is 1. The Kier molecular flexibility index (Phi) is 3.66. The molecule has 3 rings (SSSR count). The van der Waals surface area contributed by atoms with E-state index in [9.17, 15) is 18.5 Å². The summed E-state index contributed by atoms with van der Waals surface area (Å²) < 4.78 is 32.4. The zero-order valence-corrected chi connectivity index (χ0v) is 12.0. The van der Waals surface area contributed by atoms with Crippen LogP contribution in [0.15, 0.2) is 29.2 Å². The van der Waals surface area contributed by atoms with Crippen molar-refractivity contribution in [2.24, 2.45) is 0 Å². The summed E-state index contributed by atoms with van der Waals surface area (Å²) in [5.74, 6) is 0. The van der Waals surface area contributed by atoms with Gasteiger partial charge in [-0.2, -0.15) is 4.31 Å². The number of nitrogens with one attached hydrogen (secondary N) is 1. The van der Waals surface area contributed by atoms with Crippen LogP contribution in [0.3, 0.4) is 0 Å². The van der Waals surface area contributed by atoms with Crippen LogP contribution in [0.5, 0.6) is 0 Å². The number of nitro benzene ring substituents is 1. The quantitative estimate of drug-likeness (QED) is 0.620. The van der Waals surface area contributed by atoms with Gasteiger partial charge in [0.1, 0.15) is 0 Å². The summed E-state index contributed by atoms with van der Waals surface area (Å²) >= 11 is 0. The zero-order valence-electron chi connectivity index (χ0n) is 11.1. The molecule has 0 radical (unpaired) electrons. The summed E-state index contributed by atoms with van der Waals surface area (Å²) in [7, 11) is -3.92. The van der Waals surface area contributed by atoms with Gasteiger partial charge in [-0.3, -0.25) is 10.1 Å². The first-order chi connectivity index (χ1) is 10.0. The normalized spacial score (nSPS) is 26.5. The molecule has 0 spiro atoms. The molecule has 1 aromatic rings. The Balaban J connectivity index is 2.02. The highest BCUT2D eigenvalue weighted by Crippen LogP contribution is 2.30. The third kappa shape index (κ3) is 2.42. The number of para-hydroxylation sites is 1. The molecule has 8 nitrogen and oxygen atoms in total. The third-order valence-electron chi connectivity index (χ3n) is 3.79. The molecule has 2 aliphatic rings. The number of hydrogen-bond donors (Lipinski definition) is 1. The van der Waals surface area contributed by atoms with Gasteiger partial charge in [0, 0.05) is 25.7 Å². The highest BCUT2D eigenvalue weighted by Gasteiger charge is 2.44. The van der Waals surface area contributed by atoms with Gasteiger partial charge >= 0.3 is 0 Å². The monoisotopic (exact) mass is 313 g/mol. The number of nitrogens with zero attached hydrogens (tertiary/aromatic N) is 2. The van der Waals surface area contributed by atoms with E-state index in [0.29, 0.717) is 19.7 Å². The summed E-state index contributed by atoms with van der Waals surface area (Å²) in [6, 6.07) is 5.11. The van der Waals surface area contributed by atoms with Gasteiger partial charge in [0.15, 0.2) is 4.90 Å². The SMILES string of the molecule is O=[N+]([O-])c1ccccc1S(=O)(=O)N1CCO[C@@H]2CNC[C@@H]21. The smallest absolute Gasteiger partial charge is 0.289 e. The van der Waals surface area contributed by atoms with Crippen LogP contribution in [0.4, 0.5) is 5.69 Å². The fourth-order valence-electron chi connectivity index (χ4n) is 2.81. The van der Waals surface area contributed by atoms with Crippen molar-refractivity contribution in [2.75, 3.05) is 26.2 Å². The Bertz CT molecular complexity index is 663. The van der Waals surface area contributed by atoms with E-state index in [1.165, 1.54) is 28.6 Å². The van der Waals surface area contributed by atoms with Gasteiger partial charge in [-0.05, 0) is 6.07 Å². The second kappa shape index (κ2) is 5.34. The predicted molar refractivity (Wildman–Crippen MR) is 73.4 cm³/mol. The molecule has 114 valence electrons. The molecule has 0 aliphatic carbocycles. The Hall–Kier alpha value is -1.55. The van der Waals surface area contributed by atoms with Crippen LogP contribution in [-0.4, -0.2) is 56.0 Å². The fraction of sp³-hybridized carbons (Fsp3) is 0.500. The molecule has 21 heavy (non-hydrogen) atoms. The average Bonchev–Trinajstić information content (AvgIpc) is 2.95. The number of morpholine rings is 1. The van der Waals surface area contributed by atoms with E-state index in [0.717, 1.165) is 0 Å². The summed E-state index contributed by atoms with van der Waals surface area (Å²) in [5, 5.41) is 14.2. The van der Waals surface area contributed by atoms with Crippen LogP contribution >= 0.6 is 0 Å². The first kappa shape index (κ1) is 14.4. The second-order valence-corrected chi connectivity index (χ2v) is 6.83. The second-order valence-electron chi connectivity index (χ2n) is 4.98. The van der Waals surface area contributed by atoms with Gasteiger partial charge in [-0.25, -0.2) is 8.42 Å². The lowest BCUT2D eigenvalue weighted by atomic mass is 10.2. The van der Waals surface area contributed by atoms with E-state index >= 15 is 0 Å². The highest BCUT2D eigenvalue weighted by atomic mass is 32.2. The van der Waals surface area contributed by atoms with Crippen LogP contribution in [0.25, 0.3) is 0 Å². The minimum Gasteiger partial charge on any atom is -0.374 e. The van der Waals surface area contributed by atoms with E-state index in [2.05, 4.69) is 5.32 Å². The van der Waals surface area contributed by atoms with Crippen LogP contribution in [0.2, 0.25) is 0 Å². The molecular formula is C12H15N3O5S. The Morgan fingerprint density at radius 2 is 2.10 bits per heavy atom. The molecule has 1 N–H and O–H groups in total. The molecule has 2 heterocycles. The lowest BCUT2D eigenvalue weighted by molar-refractivity contribution is -0.387. The first-order valence-electron chi connectivity index (χ1n) is 6.59. The molecule has 2 atom stereocenters. The molecule has 9 heteroatoms. The lowest BCUT2D eigenvalue weighted by Crippen LogP contribution is -2.53. The van der Waals surface area contributed by atoms with Gasteiger partial charge in [-0.15, -0.1) is 0 Å². The number of rotatable bonds is 3. The maximum absolute atomic E-state index is 12.8. The third-order valence-corrected chi connectivity index (χ3v) is 5.76. The molecule has 0 bridgehead atoms. The van der Waals surface area contributed by atoms with Gasteiger partial charge in [0.25, 0.3) is 5.69 Å². The number of ether oxygens (including phenoxy) is 1. The van der Waals surface area contributed by atoms with E-state index in [4.69, 9.17) is 4.74 Å². The maximum atomic E-state index is 12.8. The van der Waals surface area contributed by atoms with Crippen molar-refractivity contribution in [1.29, 1.82) is 0 Å². The van der Waals surface area contributed by atoms with Gasteiger partial charge < -0.3 is 10.1 Å². The van der Waals surface area contributed by atoms with Gasteiger partial charge in [0.05, 0.1) is 23.7 Å². The molecule has 0 amide bonds. The largest absolute Gasteiger partial charge is 0.374 e. The highest BCUT2D eigenvalue weighted by molar-refractivity contribution is 7.89. The van der Waals surface area contributed by atoms with Crippen molar-refractivity contribution >= 4 is 15.7 Å². The molecule has 0 saturated carbocycles. The Labute approximate surface area is 121 Å². The van der Waals surface area contributed by atoms with E-state index in [1.54, 1.807) is 0 Å². The minimum absolute atomic E-state index is 0.198. The molecule has 2 aliphatic heterocycles. The number of hydrogen-bond acceptors (Lipinski definition) is 6. The molecular weight excluding hydrogens is 298 g/mol. The van der Waals surface area contributed by atoms with Crippen LogP contribution in [-0.2, 0) is 14.8 Å². The average molecular weight is 313 g/mol. The maximum Gasteiger partial charge on any atom is 0.289 e. The van der Waals surface area contributed by atoms with Crippen molar-refractivity contribution < 1.29 is 18.1 Å². The molecule has 0 aromatic heterocycles. The van der Waals surface area contributed by atoms with Gasteiger partial charge in [0.2, 0.25) is 10.0 Å². The summed E-state index contributed by atoms with van der Waals surface area (Å²) in [4.78, 5) is 10.1. The predicted octanol–water partition coefficient (Wildman–Crippen LogP) is -0.0439. The fourth-order valence-corrected chi connectivity index (χ4v) is 4.60. The molecule has 0 unspecified atom stereocenters. The van der Waals surface area contributed by atoms with Crippen LogP contribution in [0.1, 0.15) is 0 Å². The van der Waals surface area contributed by atoms with Crippen molar-refractivity contribution in [3.8, 4) is 0 Å². The molecule has 1 aromatic carbocycles. The minimum atomic E-state index is -3.92. The van der Waals surface area contributed by atoms with Crippen molar-refractivity contribution in [3.05, 3.63) is 34.4 Å². The van der Waals surface area contributed by atoms with E-state index in [-0.39, 0.29) is 23.6 Å². The Morgan fingerprint density at radius 3 is 2.86 bits per heavy atom.